The average molecular weight is 345 g/mol. The second-order valence-corrected chi connectivity index (χ2v) is 6.56. The Hall–Kier alpha value is -2.41. The Morgan fingerprint density at radius 1 is 1.42 bits per heavy atom. The molecule has 2 aromatic heterocycles. The lowest BCUT2D eigenvalue weighted by atomic mass is 10.1. The molecule has 0 atom stereocenters. The van der Waals surface area contributed by atoms with E-state index in [2.05, 4.69) is 17.2 Å². The SMILES string of the molecule is CCCCC(=O)NCc1nc(-c2ccc3c(c2)oc(=O)n3C)cs1. The van der Waals surface area contributed by atoms with Crippen LogP contribution in [-0.2, 0) is 18.4 Å². The Balaban J connectivity index is 1.73. The van der Waals surface area contributed by atoms with Gasteiger partial charge in [-0.05, 0) is 18.6 Å². The lowest BCUT2D eigenvalue weighted by molar-refractivity contribution is -0.121. The summed E-state index contributed by atoms with van der Waals surface area (Å²) in [4.78, 5) is 27.8. The molecule has 0 radical (unpaired) electrons. The van der Waals surface area contributed by atoms with Crippen LogP contribution in [0.3, 0.4) is 0 Å². The van der Waals surface area contributed by atoms with Gasteiger partial charge in [0.2, 0.25) is 5.91 Å². The number of aryl methyl sites for hydroxylation is 1. The van der Waals surface area contributed by atoms with Gasteiger partial charge in [0.1, 0.15) is 5.01 Å². The molecule has 0 bridgehead atoms. The van der Waals surface area contributed by atoms with E-state index in [9.17, 15) is 9.59 Å². The van der Waals surface area contributed by atoms with E-state index in [0.29, 0.717) is 18.5 Å². The standard InChI is InChI=1S/C17H19N3O3S/c1-3-4-5-15(21)18-9-16-19-12(10-24-16)11-6-7-13-14(8-11)23-17(22)20(13)2/h6-8,10H,3-5,9H2,1-2H3,(H,18,21). The van der Waals surface area contributed by atoms with Gasteiger partial charge in [0, 0.05) is 24.4 Å². The van der Waals surface area contributed by atoms with E-state index < -0.39 is 0 Å². The van der Waals surface area contributed by atoms with Gasteiger partial charge in [0.25, 0.3) is 0 Å². The molecule has 0 aliphatic heterocycles. The maximum atomic E-state index is 11.7. The zero-order chi connectivity index (χ0) is 17.1. The number of rotatable bonds is 6. The zero-order valence-corrected chi connectivity index (χ0v) is 14.5. The van der Waals surface area contributed by atoms with Crippen molar-refractivity contribution in [1.29, 1.82) is 0 Å². The molecule has 3 aromatic rings. The molecular weight excluding hydrogens is 326 g/mol. The third kappa shape index (κ3) is 3.41. The van der Waals surface area contributed by atoms with E-state index in [1.807, 2.05) is 23.6 Å². The first kappa shape index (κ1) is 16.4. The van der Waals surface area contributed by atoms with E-state index >= 15 is 0 Å². The zero-order valence-electron chi connectivity index (χ0n) is 13.7. The number of unbranched alkanes of at least 4 members (excludes halogenated alkanes) is 1. The van der Waals surface area contributed by atoms with Crippen LogP contribution < -0.4 is 11.1 Å². The molecule has 1 aromatic carbocycles. The first-order valence-corrected chi connectivity index (χ1v) is 8.77. The van der Waals surface area contributed by atoms with E-state index in [1.165, 1.54) is 15.9 Å². The Bertz CT molecular complexity index is 923. The number of fused-ring (bicyclic) bond motifs is 1. The number of thiazole rings is 1. The molecule has 0 saturated carbocycles. The number of hydrogen-bond acceptors (Lipinski definition) is 5. The van der Waals surface area contributed by atoms with Gasteiger partial charge < -0.3 is 9.73 Å². The molecule has 0 aliphatic rings. The van der Waals surface area contributed by atoms with Gasteiger partial charge in [-0.25, -0.2) is 9.78 Å². The maximum absolute atomic E-state index is 11.7. The van der Waals surface area contributed by atoms with Gasteiger partial charge >= 0.3 is 5.76 Å². The minimum atomic E-state index is -0.379. The highest BCUT2D eigenvalue weighted by Crippen LogP contribution is 2.25. The van der Waals surface area contributed by atoms with Gasteiger partial charge in [0.15, 0.2) is 5.58 Å². The van der Waals surface area contributed by atoms with Crippen LogP contribution in [0, 0.1) is 0 Å². The van der Waals surface area contributed by atoms with Crippen LogP contribution >= 0.6 is 11.3 Å². The van der Waals surface area contributed by atoms with Crippen LogP contribution in [0.25, 0.3) is 22.4 Å². The molecule has 126 valence electrons. The Morgan fingerprint density at radius 2 is 2.25 bits per heavy atom. The summed E-state index contributed by atoms with van der Waals surface area (Å²) in [7, 11) is 1.68. The molecule has 7 heteroatoms. The lowest BCUT2D eigenvalue weighted by Gasteiger charge is -2.01. The third-order valence-electron chi connectivity index (χ3n) is 3.83. The predicted molar refractivity (Wildman–Crippen MR) is 93.9 cm³/mol. The number of amides is 1. The predicted octanol–water partition coefficient (Wildman–Crippen LogP) is 3.06. The van der Waals surface area contributed by atoms with Gasteiger partial charge in [-0.2, -0.15) is 0 Å². The molecule has 24 heavy (non-hydrogen) atoms. The number of carbonyl (C=O) groups is 1. The van der Waals surface area contributed by atoms with E-state index in [0.717, 1.165) is 34.6 Å². The summed E-state index contributed by atoms with van der Waals surface area (Å²) < 4.78 is 6.68. The van der Waals surface area contributed by atoms with Crippen LogP contribution in [0.2, 0.25) is 0 Å². The van der Waals surface area contributed by atoms with Gasteiger partial charge in [-0.3, -0.25) is 9.36 Å². The first-order valence-electron chi connectivity index (χ1n) is 7.89. The summed E-state index contributed by atoms with van der Waals surface area (Å²) in [6, 6.07) is 5.58. The largest absolute Gasteiger partial charge is 0.419 e. The summed E-state index contributed by atoms with van der Waals surface area (Å²) in [6.45, 7) is 2.50. The normalized spacial score (nSPS) is 11.1. The summed E-state index contributed by atoms with van der Waals surface area (Å²) in [6.07, 6.45) is 2.46. The molecule has 0 spiro atoms. The number of hydrogen-bond donors (Lipinski definition) is 1. The Labute approximate surface area is 143 Å². The van der Waals surface area contributed by atoms with Crippen LogP contribution in [0.15, 0.2) is 32.8 Å². The second-order valence-electron chi connectivity index (χ2n) is 5.62. The smallest absolute Gasteiger partial charge is 0.408 e. The van der Waals surface area contributed by atoms with Crippen LogP contribution in [-0.4, -0.2) is 15.5 Å². The highest BCUT2D eigenvalue weighted by molar-refractivity contribution is 7.09. The van der Waals surface area contributed by atoms with Gasteiger partial charge in [-0.1, -0.05) is 19.4 Å². The lowest BCUT2D eigenvalue weighted by Crippen LogP contribution is -2.22. The molecule has 0 saturated heterocycles. The minimum absolute atomic E-state index is 0.0566. The van der Waals surface area contributed by atoms with Crippen molar-refractivity contribution in [3.63, 3.8) is 0 Å². The minimum Gasteiger partial charge on any atom is -0.408 e. The highest BCUT2D eigenvalue weighted by atomic mass is 32.1. The average Bonchev–Trinajstić information content (AvgIpc) is 3.16. The first-order chi connectivity index (χ1) is 11.6. The second kappa shape index (κ2) is 7.00. The molecule has 3 rings (SSSR count). The van der Waals surface area contributed by atoms with Gasteiger partial charge in [0.05, 0.1) is 17.8 Å². The fourth-order valence-corrected chi connectivity index (χ4v) is 3.16. The summed E-state index contributed by atoms with van der Waals surface area (Å²) in [5.41, 5.74) is 2.99. The quantitative estimate of drug-likeness (QED) is 0.745. The number of aromatic nitrogens is 2. The Morgan fingerprint density at radius 3 is 3.04 bits per heavy atom. The number of nitrogens with one attached hydrogen (secondary N) is 1. The van der Waals surface area contributed by atoms with Crippen molar-refractivity contribution >= 4 is 28.3 Å². The van der Waals surface area contributed by atoms with Crippen molar-refractivity contribution in [2.24, 2.45) is 7.05 Å². The molecule has 0 fully saturated rings. The Kier molecular flexibility index (Phi) is 4.80. The molecular formula is C17H19N3O3S. The number of oxazole rings is 1. The monoisotopic (exact) mass is 345 g/mol. The van der Waals surface area contributed by atoms with Gasteiger partial charge in [-0.15, -0.1) is 11.3 Å². The molecule has 0 unspecified atom stereocenters. The summed E-state index contributed by atoms with van der Waals surface area (Å²) >= 11 is 1.50. The van der Waals surface area contributed by atoms with Crippen molar-refractivity contribution in [3.8, 4) is 11.3 Å². The van der Waals surface area contributed by atoms with Crippen LogP contribution in [0.4, 0.5) is 0 Å². The molecule has 1 N–H and O–H groups in total. The number of nitrogens with zero attached hydrogens (tertiary/aromatic N) is 2. The van der Waals surface area contributed by atoms with Crippen LogP contribution in [0.1, 0.15) is 31.2 Å². The van der Waals surface area contributed by atoms with Crippen molar-refractivity contribution in [1.82, 2.24) is 14.9 Å². The van der Waals surface area contributed by atoms with E-state index in [-0.39, 0.29) is 11.7 Å². The van der Waals surface area contributed by atoms with E-state index in [1.54, 1.807) is 7.05 Å². The van der Waals surface area contributed by atoms with Crippen molar-refractivity contribution in [2.75, 3.05) is 0 Å². The van der Waals surface area contributed by atoms with Crippen molar-refractivity contribution in [2.45, 2.75) is 32.7 Å². The number of benzene rings is 1. The number of carbonyl (C=O) groups excluding carboxylic acids is 1. The van der Waals surface area contributed by atoms with Crippen LogP contribution in [0.5, 0.6) is 0 Å². The van der Waals surface area contributed by atoms with E-state index in [4.69, 9.17) is 4.42 Å². The van der Waals surface area contributed by atoms with Crippen molar-refractivity contribution in [3.05, 3.63) is 39.1 Å². The topological polar surface area (TPSA) is 77.1 Å². The molecule has 6 nitrogen and oxygen atoms in total. The summed E-state index contributed by atoms with van der Waals surface area (Å²) in [5, 5.41) is 5.68. The highest BCUT2D eigenvalue weighted by Gasteiger charge is 2.10. The fourth-order valence-electron chi connectivity index (χ4n) is 2.42. The molecule has 2 heterocycles. The summed E-state index contributed by atoms with van der Waals surface area (Å²) in [5.74, 6) is -0.322. The molecule has 0 aliphatic carbocycles. The fraction of sp³-hybridized carbons (Fsp3) is 0.353. The molecule has 1 amide bonds. The van der Waals surface area contributed by atoms with Crippen molar-refractivity contribution < 1.29 is 9.21 Å². The third-order valence-corrected chi connectivity index (χ3v) is 4.68. The maximum Gasteiger partial charge on any atom is 0.419 e.